The molecule has 0 aliphatic heterocycles. The highest BCUT2D eigenvalue weighted by Crippen LogP contribution is 2.47. The largest absolute Gasteiger partial charge is 0.496 e. The van der Waals surface area contributed by atoms with Crippen molar-refractivity contribution in [2.24, 2.45) is 0 Å². The van der Waals surface area contributed by atoms with Crippen molar-refractivity contribution >= 4 is 11.8 Å². The van der Waals surface area contributed by atoms with Gasteiger partial charge in [0, 0.05) is 22.9 Å². The van der Waals surface area contributed by atoms with Crippen molar-refractivity contribution in [3.8, 4) is 5.75 Å². The Morgan fingerprint density at radius 3 is 2.67 bits per heavy atom. The van der Waals surface area contributed by atoms with Gasteiger partial charge in [-0.1, -0.05) is 25.1 Å². The number of rotatable bonds is 7. The minimum Gasteiger partial charge on any atom is -0.496 e. The zero-order valence-corrected chi connectivity index (χ0v) is 12.3. The Labute approximate surface area is 114 Å². The normalized spacial score (nSPS) is 18.4. The first-order valence-electron chi connectivity index (χ1n) is 6.66. The van der Waals surface area contributed by atoms with E-state index in [1.807, 2.05) is 23.9 Å². The van der Waals surface area contributed by atoms with Gasteiger partial charge in [0.1, 0.15) is 5.75 Å². The van der Waals surface area contributed by atoms with E-state index in [9.17, 15) is 0 Å². The molecule has 0 heterocycles. The second kappa shape index (κ2) is 5.98. The molecule has 1 aromatic rings. The van der Waals surface area contributed by atoms with Crippen LogP contribution in [0.5, 0.6) is 5.75 Å². The molecule has 18 heavy (non-hydrogen) atoms. The molecule has 1 aliphatic carbocycles. The lowest BCUT2D eigenvalue weighted by atomic mass is 10.0. The summed E-state index contributed by atoms with van der Waals surface area (Å²) in [5, 5.41) is 3.71. The van der Waals surface area contributed by atoms with E-state index in [-0.39, 0.29) is 0 Å². The van der Waals surface area contributed by atoms with Gasteiger partial charge < -0.3 is 10.1 Å². The van der Waals surface area contributed by atoms with Crippen LogP contribution in [0.1, 0.15) is 37.8 Å². The van der Waals surface area contributed by atoms with Crippen LogP contribution < -0.4 is 10.1 Å². The van der Waals surface area contributed by atoms with Gasteiger partial charge in [0.2, 0.25) is 0 Å². The second-order valence-electron chi connectivity index (χ2n) is 4.97. The number of nitrogens with one attached hydrogen (secondary N) is 1. The second-order valence-corrected chi connectivity index (χ2v) is 6.25. The molecule has 1 unspecified atom stereocenters. The Hall–Kier alpha value is -0.670. The Balaban J connectivity index is 2.03. The third-order valence-corrected chi connectivity index (χ3v) is 5.25. The number of hydrogen-bond donors (Lipinski definition) is 1. The maximum atomic E-state index is 5.46. The average molecular weight is 265 g/mol. The standard InChI is InChI=1S/C15H23NOS/c1-4-13(16-11-15(18-3)9-10-15)12-7-5-6-8-14(12)17-2/h5-8,13,16H,4,9-11H2,1-3H3. The summed E-state index contributed by atoms with van der Waals surface area (Å²) in [6.45, 7) is 3.33. The van der Waals surface area contributed by atoms with Crippen molar-refractivity contribution in [1.82, 2.24) is 5.32 Å². The fourth-order valence-corrected chi connectivity index (χ4v) is 3.07. The first kappa shape index (κ1) is 13.8. The zero-order chi connectivity index (χ0) is 13.0. The number of para-hydroxylation sites is 1. The molecule has 0 bridgehead atoms. The molecule has 0 radical (unpaired) electrons. The Morgan fingerprint density at radius 2 is 2.11 bits per heavy atom. The summed E-state index contributed by atoms with van der Waals surface area (Å²) in [7, 11) is 1.75. The third kappa shape index (κ3) is 3.01. The summed E-state index contributed by atoms with van der Waals surface area (Å²) >= 11 is 2.00. The minimum atomic E-state index is 0.394. The van der Waals surface area contributed by atoms with Crippen LogP contribution in [0, 0.1) is 0 Å². The van der Waals surface area contributed by atoms with Crippen LogP contribution in [0.4, 0.5) is 0 Å². The molecule has 0 saturated heterocycles. The molecule has 0 spiro atoms. The van der Waals surface area contributed by atoms with Crippen LogP contribution in [-0.2, 0) is 0 Å². The minimum absolute atomic E-state index is 0.394. The Bertz CT molecular complexity index is 390. The molecule has 2 rings (SSSR count). The molecule has 3 heteroatoms. The highest BCUT2D eigenvalue weighted by molar-refractivity contribution is 8.00. The summed E-state index contributed by atoms with van der Waals surface area (Å²) in [5.41, 5.74) is 1.28. The fraction of sp³-hybridized carbons (Fsp3) is 0.600. The molecule has 1 N–H and O–H groups in total. The van der Waals surface area contributed by atoms with Crippen LogP contribution in [0.2, 0.25) is 0 Å². The van der Waals surface area contributed by atoms with Crippen molar-refractivity contribution in [3.63, 3.8) is 0 Å². The highest BCUT2D eigenvalue weighted by atomic mass is 32.2. The first-order chi connectivity index (χ1) is 8.74. The van der Waals surface area contributed by atoms with Crippen LogP contribution in [-0.4, -0.2) is 24.7 Å². The van der Waals surface area contributed by atoms with Crippen molar-refractivity contribution < 1.29 is 4.74 Å². The van der Waals surface area contributed by atoms with E-state index in [0.29, 0.717) is 10.8 Å². The quantitative estimate of drug-likeness (QED) is 0.813. The molecule has 1 fully saturated rings. The van der Waals surface area contributed by atoms with E-state index in [1.54, 1.807) is 7.11 Å². The molecule has 1 aliphatic rings. The van der Waals surface area contributed by atoms with Gasteiger partial charge in [-0.25, -0.2) is 0 Å². The Morgan fingerprint density at radius 1 is 1.39 bits per heavy atom. The molecule has 0 amide bonds. The number of hydrogen-bond acceptors (Lipinski definition) is 3. The fourth-order valence-electron chi connectivity index (χ4n) is 2.33. The van der Waals surface area contributed by atoms with Crippen molar-refractivity contribution in [2.75, 3.05) is 19.9 Å². The Kier molecular flexibility index (Phi) is 4.57. The number of thioether (sulfide) groups is 1. The van der Waals surface area contributed by atoms with Gasteiger partial charge in [-0.3, -0.25) is 0 Å². The predicted octanol–water partition coefficient (Wildman–Crippen LogP) is 3.63. The molecular formula is C15H23NOS. The SMILES string of the molecule is CCC(NCC1(SC)CC1)c1ccccc1OC. The first-order valence-corrected chi connectivity index (χ1v) is 7.88. The average Bonchev–Trinajstić information content (AvgIpc) is 3.20. The van der Waals surface area contributed by atoms with Crippen LogP contribution in [0.15, 0.2) is 24.3 Å². The summed E-state index contributed by atoms with van der Waals surface area (Å²) in [6.07, 6.45) is 6.01. The van der Waals surface area contributed by atoms with Gasteiger partial charge in [0.25, 0.3) is 0 Å². The zero-order valence-electron chi connectivity index (χ0n) is 11.5. The monoisotopic (exact) mass is 265 g/mol. The van der Waals surface area contributed by atoms with Crippen LogP contribution >= 0.6 is 11.8 Å². The van der Waals surface area contributed by atoms with Gasteiger partial charge in [0.05, 0.1) is 7.11 Å². The van der Waals surface area contributed by atoms with Crippen LogP contribution in [0.3, 0.4) is 0 Å². The van der Waals surface area contributed by atoms with Crippen LogP contribution in [0.25, 0.3) is 0 Å². The molecule has 1 atom stereocenters. The van der Waals surface area contributed by atoms with E-state index in [2.05, 4.69) is 30.6 Å². The number of ether oxygens (including phenoxy) is 1. The van der Waals surface area contributed by atoms with Gasteiger partial charge in [-0.15, -0.1) is 0 Å². The number of methoxy groups -OCH3 is 1. The summed E-state index contributed by atoms with van der Waals surface area (Å²) in [4.78, 5) is 0. The van der Waals surface area contributed by atoms with E-state index in [1.165, 1.54) is 18.4 Å². The number of benzene rings is 1. The topological polar surface area (TPSA) is 21.3 Å². The predicted molar refractivity (Wildman–Crippen MR) is 79.5 cm³/mol. The summed E-state index contributed by atoms with van der Waals surface area (Å²) in [6, 6.07) is 8.72. The third-order valence-electron chi connectivity index (χ3n) is 3.83. The lowest BCUT2D eigenvalue weighted by Crippen LogP contribution is -2.29. The van der Waals surface area contributed by atoms with Crippen molar-refractivity contribution in [2.45, 2.75) is 37.0 Å². The molecule has 100 valence electrons. The van der Waals surface area contributed by atoms with E-state index < -0.39 is 0 Å². The molecular weight excluding hydrogens is 242 g/mol. The maximum Gasteiger partial charge on any atom is 0.123 e. The van der Waals surface area contributed by atoms with Gasteiger partial charge in [0.15, 0.2) is 0 Å². The van der Waals surface area contributed by atoms with Crippen molar-refractivity contribution in [1.29, 1.82) is 0 Å². The molecule has 1 saturated carbocycles. The smallest absolute Gasteiger partial charge is 0.123 e. The van der Waals surface area contributed by atoms with Crippen molar-refractivity contribution in [3.05, 3.63) is 29.8 Å². The van der Waals surface area contributed by atoms with E-state index in [4.69, 9.17) is 4.74 Å². The van der Waals surface area contributed by atoms with Gasteiger partial charge in [-0.05, 0) is 31.6 Å². The van der Waals surface area contributed by atoms with E-state index in [0.717, 1.165) is 18.7 Å². The summed E-state index contributed by atoms with van der Waals surface area (Å²) in [5.74, 6) is 0.992. The maximum absolute atomic E-state index is 5.46. The van der Waals surface area contributed by atoms with Gasteiger partial charge in [-0.2, -0.15) is 11.8 Å². The van der Waals surface area contributed by atoms with Gasteiger partial charge >= 0.3 is 0 Å². The molecule has 0 aromatic heterocycles. The van der Waals surface area contributed by atoms with E-state index >= 15 is 0 Å². The highest BCUT2D eigenvalue weighted by Gasteiger charge is 2.41. The molecule has 1 aromatic carbocycles. The lowest BCUT2D eigenvalue weighted by Gasteiger charge is -2.22. The molecule has 2 nitrogen and oxygen atoms in total. The lowest BCUT2D eigenvalue weighted by molar-refractivity contribution is 0.396. The summed E-state index contributed by atoms with van der Waals surface area (Å²) < 4.78 is 5.97.